The molecule has 0 spiro atoms. The Labute approximate surface area is 135 Å². The monoisotopic (exact) mass is 316 g/mol. The number of carbonyl (C=O) groups excluding carboxylic acids is 1. The van der Waals surface area contributed by atoms with Crippen molar-refractivity contribution in [3.63, 3.8) is 0 Å². The van der Waals surface area contributed by atoms with Crippen molar-refractivity contribution in [2.45, 2.75) is 19.3 Å². The fourth-order valence-corrected chi connectivity index (χ4v) is 2.11. The fourth-order valence-electron chi connectivity index (χ4n) is 2.11. The van der Waals surface area contributed by atoms with Crippen LogP contribution in [-0.4, -0.2) is 19.1 Å². The van der Waals surface area contributed by atoms with Gasteiger partial charge in [0.15, 0.2) is 0 Å². The van der Waals surface area contributed by atoms with Crippen LogP contribution in [-0.2, 0) is 11.2 Å². The summed E-state index contributed by atoms with van der Waals surface area (Å²) in [7, 11) is 0. The van der Waals surface area contributed by atoms with Gasteiger partial charge in [-0.15, -0.1) is 0 Å². The third-order valence-electron chi connectivity index (χ3n) is 3.37. The van der Waals surface area contributed by atoms with E-state index in [-0.39, 0.29) is 11.7 Å². The molecule has 0 atom stereocenters. The Bertz CT molecular complexity index is 629. The van der Waals surface area contributed by atoms with E-state index in [2.05, 4.69) is 5.32 Å². The second-order valence-corrected chi connectivity index (χ2v) is 5.22. The minimum absolute atomic E-state index is 0.0169. The molecule has 4 nitrogen and oxygen atoms in total. The Balaban J connectivity index is 1.58. The number of anilines is 1. The quantitative estimate of drug-likeness (QED) is 0.581. The lowest BCUT2D eigenvalue weighted by molar-refractivity contribution is -0.121. The molecule has 0 saturated carbocycles. The molecule has 2 aromatic rings. The van der Waals surface area contributed by atoms with Crippen LogP contribution in [0.1, 0.15) is 18.4 Å². The number of nitrogen functional groups attached to an aromatic ring is 1. The van der Waals surface area contributed by atoms with Crippen molar-refractivity contribution in [3.8, 4) is 5.75 Å². The number of rotatable bonds is 8. The van der Waals surface area contributed by atoms with Gasteiger partial charge < -0.3 is 15.8 Å². The molecule has 1 amide bonds. The number of nitrogens with one attached hydrogen (secondary N) is 1. The first kappa shape index (κ1) is 16.8. The van der Waals surface area contributed by atoms with Crippen molar-refractivity contribution in [3.05, 3.63) is 59.9 Å². The van der Waals surface area contributed by atoms with Gasteiger partial charge in [-0.3, -0.25) is 4.79 Å². The van der Waals surface area contributed by atoms with Crippen molar-refractivity contribution in [1.29, 1.82) is 0 Å². The molecule has 0 aliphatic heterocycles. The number of nitrogens with two attached hydrogens (primary N) is 1. The molecule has 0 saturated heterocycles. The van der Waals surface area contributed by atoms with Crippen LogP contribution in [0.15, 0.2) is 48.5 Å². The van der Waals surface area contributed by atoms with Gasteiger partial charge in [-0.05, 0) is 42.7 Å². The minimum Gasteiger partial charge on any atom is -0.491 e. The topological polar surface area (TPSA) is 64.3 Å². The van der Waals surface area contributed by atoms with Crippen molar-refractivity contribution < 1.29 is 13.9 Å². The largest absolute Gasteiger partial charge is 0.491 e. The molecule has 0 aromatic heterocycles. The molecule has 0 unspecified atom stereocenters. The molecule has 0 aliphatic rings. The van der Waals surface area contributed by atoms with E-state index in [0.29, 0.717) is 43.9 Å². The Hall–Kier alpha value is -2.56. The van der Waals surface area contributed by atoms with Crippen LogP contribution >= 0.6 is 0 Å². The summed E-state index contributed by atoms with van der Waals surface area (Å²) < 4.78 is 18.3. The summed E-state index contributed by atoms with van der Waals surface area (Å²) in [5.74, 6) is 0.373. The fraction of sp³-hybridized carbons (Fsp3) is 0.278. The van der Waals surface area contributed by atoms with Crippen LogP contribution in [0.2, 0.25) is 0 Å². The highest BCUT2D eigenvalue weighted by atomic mass is 19.1. The van der Waals surface area contributed by atoms with Gasteiger partial charge in [-0.1, -0.05) is 24.3 Å². The third-order valence-corrected chi connectivity index (χ3v) is 3.37. The molecular formula is C18H21FN2O2. The molecule has 3 N–H and O–H groups in total. The predicted octanol–water partition coefficient (Wildman–Crippen LogP) is 2.93. The Morgan fingerprint density at radius 2 is 1.87 bits per heavy atom. The second kappa shape index (κ2) is 8.78. The highest BCUT2D eigenvalue weighted by Crippen LogP contribution is 2.19. The highest BCUT2D eigenvalue weighted by Gasteiger charge is 2.03. The van der Waals surface area contributed by atoms with Crippen LogP contribution in [0.5, 0.6) is 5.75 Å². The second-order valence-electron chi connectivity index (χ2n) is 5.22. The number of hydrogen-bond acceptors (Lipinski definition) is 3. The normalized spacial score (nSPS) is 10.3. The number of carbonyl (C=O) groups is 1. The summed E-state index contributed by atoms with van der Waals surface area (Å²) >= 11 is 0. The SMILES string of the molecule is Nc1ccccc1OCCCC(=O)NCCc1ccc(F)cc1. The number of ether oxygens (including phenoxy) is 1. The van der Waals surface area contributed by atoms with Gasteiger partial charge in [0.2, 0.25) is 5.91 Å². The summed E-state index contributed by atoms with van der Waals surface area (Å²) in [4.78, 5) is 11.7. The van der Waals surface area contributed by atoms with Gasteiger partial charge in [-0.2, -0.15) is 0 Å². The third kappa shape index (κ3) is 5.98. The summed E-state index contributed by atoms with van der Waals surface area (Å²) in [6.07, 6.45) is 1.70. The first-order valence-electron chi connectivity index (χ1n) is 7.63. The Kier molecular flexibility index (Phi) is 6.41. The van der Waals surface area contributed by atoms with E-state index < -0.39 is 0 Å². The van der Waals surface area contributed by atoms with E-state index in [1.165, 1.54) is 12.1 Å². The zero-order chi connectivity index (χ0) is 16.5. The van der Waals surface area contributed by atoms with Gasteiger partial charge in [0.1, 0.15) is 11.6 Å². The van der Waals surface area contributed by atoms with E-state index in [0.717, 1.165) is 5.56 Å². The van der Waals surface area contributed by atoms with E-state index in [9.17, 15) is 9.18 Å². The van der Waals surface area contributed by atoms with Crippen LogP contribution in [0.3, 0.4) is 0 Å². The van der Waals surface area contributed by atoms with E-state index in [1.54, 1.807) is 24.3 Å². The summed E-state index contributed by atoms with van der Waals surface area (Å²) in [5.41, 5.74) is 7.35. The molecule has 0 bridgehead atoms. The molecule has 122 valence electrons. The highest BCUT2D eigenvalue weighted by molar-refractivity contribution is 5.75. The van der Waals surface area contributed by atoms with Gasteiger partial charge in [0.25, 0.3) is 0 Å². The first-order chi connectivity index (χ1) is 11.1. The molecule has 2 aromatic carbocycles. The summed E-state index contributed by atoms with van der Waals surface area (Å²) in [6, 6.07) is 13.6. The number of amides is 1. The standard InChI is InChI=1S/C18H21FN2O2/c19-15-9-7-14(8-10-15)11-12-21-18(22)6-3-13-23-17-5-2-1-4-16(17)20/h1-2,4-5,7-10H,3,6,11-13,20H2,(H,21,22). The Morgan fingerprint density at radius 1 is 1.13 bits per heavy atom. The van der Waals surface area contributed by atoms with Gasteiger partial charge in [0.05, 0.1) is 12.3 Å². The maximum Gasteiger partial charge on any atom is 0.220 e. The molecular weight excluding hydrogens is 295 g/mol. The van der Waals surface area contributed by atoms with Crippen LogP contribution in [0.4, 0.5) is 10.1 Å². The zero-order valence-electron chi connectivity index (χ0n) is 12.9. The zero-order valence-corrected chi connectivity index (χ0v) is 12.9. The van der Waals surface area contributed by atoms with Crippen molar-refractivity contribution in [2.75, 3.05) is 18.9 Å². The number of halogens is 1. The molecule has 2 rings (SSSR count). The van der Waals surface area contributed by atoms with E-state index in [4.69, 9.17) is 10.5 Å². The van der Waals surface area contributed by atoms with E-state index >= 15 is 0 Å². The summed E-state index contributed by atoms with van der Waals surface area (Å²) in [5, 5.41) is 2.84. The van der Waals surface area contributed by atoms with Crippen LogP contribution in [0.25, 0.3) is 0 Å². The predicted molar refractivity (Wildman–Crippen MR) is 88.7 cm³/mol. The molecule has 0 heterocycles. The first-order valence-corrected chi connectivity index (χ1v) is 7.63. The minimum atomic E-state index is -0.253. The lowest BCUT2D eigenvalue weighted by Gasteiger charge is -2.09. The molecule has 0 aliphatic carbocycles. The smallest absolute Gasteiger partial charge is 0.220 e. The molecule has 23 heavy (non-hydrogen) atoms. The average Bonchev–Trinajstić information content (AvgIpc) is 2.55. The van der Waals surface area contributed by atoms with Crippen molar-refractivity contribution in [2.24, 2.45) is 0 Å². The lowest BCUT2D eigenvalue weighted by atomic mass is 10.1. The van der Waals surface area contributed by atoms with Crippen LogP contribution in [0, 0.1) is 5.82 Å². The van der Waals surface area contributed by atoms with Crippen LogP contribution < -0.4 is 15.8 Å². The molecule has 0 fully saturated rings. The molecule has 0 radical (unpaired) electrons. The number of hydrogen-bond donors (Lipinski definition) is 2. The molecule has 5 heteroatoms. The summed E-state index contributed by atoms with van der Waals surface area (Å²) in [6.45, 7) is 0.983. The van der Waals surface area contributed by atoms with Gasteiger partial charge in [0, 0.05) is 13.0 Å². The van der Waals surface area contributed by atoms with Gasteiger partial charge in [-0.25, -0.2) is 4.39 Å². The maximum atomic E-state index is 12.8. The van der Waals surface area contributed by atoms with Gasteiger partial charge >= 0.3 is 0 Å². The van der Waals surface area contributed by atoms with E-state index in [1.807, 2.05) is 12.1 Å². The Morgan fingerprint density at radius 3 is 2.61 bits per heavy atom. The van der Waals surface area contributed by atoms with Crippen molar-refractivity contribution in [1.82, 2.24) is 5.32 Å². The average molecular weight is 316 g/mol. The van der Waals surface area contributed by atoms with Crippen molar-refractivity contribution >= 4 is 11.6 Å². The number of para-hydroxylation sites is 2. The lowest BCUT2D eigenvalue weighted by Crippen LogP contribution is -2.25. The maximum absolute atomic E-state index is 12.8. The number of benzene rings is 2.